The molecule has 6 nitrogen and oxygen atoms in total. The Morgan fingerprint density at radius 2 is 1.87 bits per heavy atom. The van der Waals surface area contributed by atoms with Crippen molar-refractivity contribution in [2.75, 3.05) is 12.8 Å². The number of hydrogen-bond donors (Lipinski definition) is 2. The number of aryl methyl sites for hydroxylation is 1. The van der Waals surface area contributed by atoms with E-state index in [1.165, 1.54) is 18.2 Å². The smallest absolute Gasteiger partial charge is 0.191 e. The summed E-state index contributed by atoms with van der Waals surface area (Å²) in [6.07, 6.45) is 1.16. The highest BCUT2D eigenvalue weighted by molar-refractivity contribution is 14.0. The number of fused-ring (bicyclic) bond motifs is 1. The maximum Gasteiger partial charge on any atom is 0.191 e. The van der Waals surface area contributed by atoms with E-state index in [0.29, 0.717) is 30.2 Å². The first-order valence-corrected chi connectivity index (χ1v) is 11.8. The van der Waals surface area contributed by atoms with Crippen molar-refractivity contribution >= 4 is 50.7 Å². The number of guanidine groups is 1. The Kier molecular flexibility index (Phi) is 8.87. The number of rotatable bonds is 7. The van der Waals surface area contributed by atoms with E-state index in [1.54, 1.807) is 0 Å². The number of aliphatic imine (C=N–C) groups is 1. The lowest BCUT2D eigenvalue weighted by molar-refractivity contribution is 0.534. The molecule has 0 atom stereocenters. The summed E-state index contributed by atoms with van der Waals surface area (Å²) in [5.74, 6) is 0.769. The van der Waals surface area contributed by atoms with E-state index in [-0.39, 0.29) is 36.3 Å². The van der Waals surface area contributed by atoms with Crippen molar-refractivity contribution in [1.29, 1.82) is 0 Å². The molecule has 0 saturated heterocycles. The van der Waals surface area contributed by atoms with Crippen LogP contribution in [0.25, 0.3) is 11.0 Å². The van der Waals surface area contributed by atoms with Crippen molar-refractivity contribution < 1.29 is 17.2 Å². The molecular formula is C22H27FIN3O3S. The van der Waals surface area contributed by atoms with Gasteiger partial charge in [0.25, 0.3) is 0 Å². The van der Waals surface area contributed by atoms with Crippen LogP contribution in [-0.2, 0) is 28.7 Å². The number of nitrogens with zero attached hydrogens (tertiary/aromatic N) is 1. The van der Waals surface area contributed by atoms with E-state index in [2.05, 4.69) is 15.6 Å². The summed E-state index contributed by atoms with van der Waals surface area (Å²) in [6.45, 7) is 5.19. The van der Waals surface area contributed by atoms with Gasteiger partial charge in [0.2, 0.25) is 0 Å². The molecule has 3 aromatic rings. The summed E-state index contributed by atoms with van der Waals surface area (Å²) >= 11 is 0. The highest BCUT2D eigenvalue weighted by Crippen LogP contribution is 2.24. The van der Waals surface area contributed by atoms with Crippen LogP contribution in [0, 0.1) is 12.7 Å². The Balaban J connectivity index is 0.00000341. The largest absolute Gasteiger partial charge is 0.459 e. The Morgan fingerprint density at radius 1 is 1.13 bits per heavy atom. The SMILES string of the molecule is CCNC(=NCc1cc(F)ccc1CS(C)(=O)=O)NCc1oc2ccccc2c1C.I. The Hall–Kier alpha value is -2.14. The van der Waals surface area contributed by atoms with Gasteiger partial charge in [0.1, 0.15) is 17.2 Å². The Morgan fingerprint density at radius 3 is 2.55 bits per heavy atom. The number of hydrogen-bond acceptors (Lipinski definition) is 4. The minimum Gasteiger partial charge on any atom is -0.459 e. The van der Waals surface area contributed by atoms with Gasteiger partial charge in [-0.3, -0.25) is 0 Å². The molecule has 0 aliphatic carbocycles. The van der Waals surface area contributed by atoms with Crippen LogP contribution >= 0.6 is 24.0 Å². The van der Waals surface area contributed by atoms with Crippen molar-refractivity contribution in [1.82, 2.24) is 10.6 Å². The monoisotopic (exact) mass is 559 g/mol. The molecule has 0 aliphatic rings. The van der Waals surface area contributed by atoms with Crippen LogP contribution in [0.2, 0.25) is 0 Å². The van der Waals surface area contributed by atoms with Crippen LogP contribution in [0.3, 0.4) is 0 Å². The lowest BCUT2D eigenvalue weighted by Gasteiger charge is -2.12. The van der Waals surface area contributed by atoms with Crippen molar-refractivity contribution in [3.8, 4) is 0 Å². The van der Waals surface area contributed by atoms with Gasteiger partial charge < -0.3 is 15.1 Å². The molecule has 0 spiro atoms. The van der Waals surface area contributed by atoms with Crippen LogP contribution in [0.5, 0.6) is 0 Å². The standard InChI is InChI=1S/C22H26FN3O3S.HI/c1-4-24-22(26-13-21-15(2)19-7-5-6-8-20(19)29-21)25-12-17-11-18(23)10-9-16(17)14-30(3,27)28;/h5-11H,4,12-14H2,1-3H3,(H2,24,25,26);1H. The molecule has 0 unspecified atom stereocenters. The van der Waals surface area contributed by atoms with Crippen molar-refractivity contribution in [2.45, 2.75) is 32.7 Å². The van der Waals surface area contributed by atoms with Crippen LogP contribution in [0.4, 0.5) is 4.39 Å². The summed E-state index contributed by atoms with van der Waals surface area (Å²) in [4.78, 5) is 4.51. The number of benzene rings is 2. The van der Waals surface area contributed by atoms with Gasteiger partial charge in [-0.1, -0.05) is 24.3 Å². The lowest BCUT2D eigenvalue weighted by Crippen LogP contribution is -2.36. The van der Waals surface area contributed by atoms with E-state index in [4.69, 9.17) is 4.42 Å². The minimum absolute atomic E-state index is 0. The van der Waals surface area contributed by atoms with Gasteiger partial charge in [0.05, 0.1) is 18.8 Å². The van der Waals surface area contributed by atoms with Gasteiger partial charge in [-0.15, -0.1) is 24.0 Å². The first-order valence-electron chi connectivity index (χ1n) is 9.71. The molecule has 0 saturated carbocycles. The molecule has 9 heteroatoms. The average Bonchev–Trinajstić information content (AvgIpc) is 3.01. The van der Waals surface area contributed by atoms with Crippen LogP contribution in [-0.4, -0.2) is 27.2 Å². The van der Waals surface area contributed by atoms with Gasteiger partial charge in [0, 0.05) is 23.8 Å². The zero-order valence-corrected chi connectivity index (χ0v) is 20.9. The molecule has 1 aromatic heterocycles. The van der Waals surface area contributed by atoms with E-state index in [9.17, 15) is 12.8 Å². The maximum atomic E-state index is 13.7. The zero-order valence-electron chi connectivity index (χ0n) is 17.7. The molecule has 2 N–H and O–H groups in total. The predicted molar refractivity (Wildman–Crippen MR) is 133 cm³/mol. The lowest BCUT2D eigenvalue weighted by atomic mass is 10.1. The first kappa shape index (κ1) is 25.1. The molecule has 0 bridgehead atoms. The van der Waals surface area contributed by atoms with Crippen molar-refractivity contribution in [3.05, 3.63) is 70.7 Å². The topological polar surface area (TPSA) is 83.7 Å². The third-order valence-electron chi connectivity index (χ3n) is 4.70. The summed E-state index contributed by atoms with van der Waals surface area (Å²) < 4.78 is 43.0. The number of nitrogens with one attached hydrogen (secondary N) is 2. The Bertz CT molecular complexity index is 1180. The summed E-state index contributed by atoms with van der Waals surface area (Å²) in [6, 6.07) is 11.9. The second kappa shape index (κ2) is 10.9. The predicted octanol–water partition coefficient (Wildman–Crippen LogP) is 4.30. The number of para-hydroxylation sites is 1. The summed E-state index contributed by atoms with van der Waals surface area (Å²) in [5, 5.41) is 7.44. The molecule has 0 radical (unpaired) electrons. The summed E-state index contributed by atoms with van der Waals surface area (Å²) in [5.41, 5.74) is 2.98. The molecule has 31 heavy (non-hydrogen) atoms. The van der Waals surface area contributed by atoms with Crippen LogP contribution < -0.4 is 10.6 Å². The quantitative estimate of drug-likeness (QED) is 0.256. The number of halogens is 2. The van der Waals surface area contributed by atoms with E-state index in [0.717, 1.165) is 28.5 Å². The molecule has 0 fully saturated rings. The maximum absolute atomic E-state index is 13.7. The fourth-order valence-corrected chi connectivity index (χ4v) is 4.08. The van der Waals surface area contributed by atoms with E-state index < -0.39 is 15.7 Å². The van der Waals surface area contributed by atoms with Gasteiger partial charge >= 0.3 is 0 Å². The van der Waals surface area contributed by atoms with E-state index >= 15 is 0 Å². The Labute approximate surface area is 199 Å². The minimum atomic E-state index is -3.24. The third kappa shape index (κ3) is 6.93. The molecule has 2 aromatic carbocycles. The molecule has 0 aliphatic heterocycles. The van der Waals surface area contributed by atoms with Gasteiger partial charge in [-0.25, -0.2) is 17.8 Å². The van der Waals surface area contributed by atoms with Gasteiger partial charge in [-0.05, 0) is 43.2 Å². The molecule has 0 amide bonds. The third-order valence-corrected chi connectivity index (χ3v) is 5.53. The van der Waals surface area contributed by atoms with Crippen molar-refractivity contribution in [2.24, 2.45) is 4.99 Å². The zero-order chi connectivity index (χ0) is 21.7. The highest BCUT2D eigenvalue weighted by atomic mass is 127. The fourth-order valence-electron chi connectivity index (χ4n) is 3.23. The molecular weight excluding hydrogens is 532 g/mol. The molecule has 1 heterocycles. The average molecular weight is 559 g/mol. The van der Waals surface area contributed by atoms with Gasteiger partial charge in [0.15, 0.2) is 15.8 Å². The van der Waals surface area contributed by atoms with Gasteiger partial charge in [-0.2, -0.15) is 0 Å². The number of furan rings is 1. The molecule has 3 rings (SSSR count). The fraction of sp³-hybridized carbons (Fsp3) is 0.318. The highest BCUT2D eigenvalue weighted by Gasteiger charge is 2.12. The van der Waals surface area contributed by atoms with Crippen LogP contribution in [0.1, 0.15) is 29.4 Å². The number of sulfone groups is 1. The summed E-state index contributed by atoms with van der Waals surface area (Å²) in [7, 11) is -3.24. The van der Waals surface area contributed by atoms with Crippen LogP contribution in [0.15, 0.2) is 51.9 Å². The first-order chi connectivity index (χ1) is 14.3. The molecule has 168 valence electrons. The normalized spacial score (nSPS) is 11.9. The second-order valence-corrected chi connectivity index (χ2v) is 9.32. The van der Waals surface area contributed by atoms with E-state index in [1.807, 2.05) is 38.1 Å². The second-order valence-electron chi connectivity index (χ2n) is 7.18. The van der Waals surface area contributed by atoms with Crippen molar-refractivity contribution in [3.63, 3.8) is 0 Å².